The lowest BCUT2D eigenvalue weighted by Gasteiger charge is -2.37. The molecule has 10 nitrogen and oxygen atoms in total. The number of hydrogen-bond acceptors (Lipinski definition) is 9. The first kappa shape index (κ1) is 23.2. The Morgan fingerprint density at radius 2 is 2.16 bits per heavy atom. The van der Waals surface area contributed by atoms with Crippen LogP contribution in [-0.4, -0.2) is 72.1 Å². The summed E-state index contributed by atoms with van der Waals surface area (Å²) in [6.45, 7) is 4.80. The van der Waals surface area contributed by atoms with E-state index >= 15 is 0 Å². The standard InChI is InChI=1S/C19H24ClN5O5S/c1-4-10-15(20)24-16(21-10)17(27)22-11-6-7-25(8-13(11)29-3)19-23-12(9-26)14(31-19)18(28)30-5-2/h9,11,13H,4-8H2,1-3H3,(H,21,24)(H,22,27)/t11-,13+/m0/s1. The smallest absolute Gasteiger partial charge is 0.350 e. The molecule has 0 unspecified atom stereocenters. The molecule has 168 valence electrons. The van der Waals surface area contributed by atoms with Crippen molar-refractivity contribution in [3.05, 3.63) is 27.2 Å². The average molecular weight is 470 g/mol. The Labute approximate surface area is 188 Å². The summed E-state index contributed by atoms with van der Waals surface area (Å²) in [6, 6.07) is -0.252. The number of carbonyl (C=O) groups excluding carboxylic acids is 3. The maximum atomic E-state index is 12.6. The molecule has 2 aromatic rings. The molecule has 0 saturated carbocycles. The van der Waals surface area contributed by atoms with Gasteiger partial charge in [0.25, 0.3) is 5.91 Å². The fourth-order valence-corrected chi connectivity index (χ4v) is 4.57. The van der Waals surface area contributed by atoms with Gasteiger partial charge in [-0.25, -0.2) is 14.8 Å². The molecule has 0 aliphatic carbocycles. The van der Waals surface area contributed by atoms with Gasteiger partial charge in [-0.15, -0.1) is 0 Å². The van der Waals surface area contributed by atoms with Gasteiger partial charge in [-0.3, -0.25) is 9.59 Å². The van der Waals surface area contributed by atoms with E-state index in [4.69, 9.17) is 21.1 Å². The second-order valence-corrected chi connectivity index (χ2v) is 8.18. The summed E-state index contributed by atoms with van der Waals surface area (Å²) in [5, 5.41) is 3.76. The molecule has 3 heterocycles. The van der Waals surface area contributed by atoms with Gasteiger partial charge in [-0.1, -0.05) is 29.9 Å². The van der Waals surface area contributed by atoms with Crippen molar-refractivity contribution < 1.29 is 23.9 Å². The fraction of sp³-hybridized carbons (Fsp3) is 0.526. The molecule has 1 amide bonds. The van der Waals surface area contributed by atoms with Gasteiger partial charge in [-0.05, 0) is 19.8 Å². The van der Waals surface area contributed by atoms with Crippen molar-refractivity contribution in [1.29, 1.82) is 0 Å². The lowest BCUT2D eigenvalue weighted by molar-refractivity contribution is 0.0529. The predicted octanol–water partition coefficient (Wildman–Crippen LogP) is 2.09. The molecular weight excluding hydrogens is 446 g/mol. The number of nitrogens with one attached hydrogen (secondary N) is 2. The zero-order chi connectivity index (χ0) is 22.5. The Bertz CT molecular complexity index is 962. The third-order valence-corrected chi connectivity index (χ3v) is 6.38. The lowest BCUT2D eigenvalue weighted by atomic mass is 10.0. The van der Waals surface area contributed by atoms with Crippen LogP contribution in [0.3, 0.4) is 0 Å². The molecule has 2 N–H and O–H groups in total. The number of piperidine rings is 1. The highest BCUT2D eigenvalue weighted by atomic mass is 35.5. The lowest BCUT2D eigenvalue weighted by Crippen LogP contribution is -2.55. The summed E-state index contributed by atoms with van der Waals surface area (Å²) >= 11 is 7.13. The molecule has 1 fully saturated rings. The monoisotopic (exact) mass is 469 g/mol. The number of imidazole rings is 1. The van der Waals surface area contributed by atoms with Crippen LogP contribution in [0, 0.1) is 0 Å². The van der Waals surface area contributed by atoms with Crippen LogP contribution in [0.1, 0.15) is 56.7 Å². The highest BCUT2D eigenvalue weighted by Gasteiger charge is 2.33. The number of hydrogen-bond donors (Lipinski definition) is 2. The van der Waals surface area contributed by atoms with E-state index in [9.17, 15) is 14.4 Å². The number of esters is 1. The van der Waals surface area contributed by atoms with E-state index in [2.05, 4.69) is 20.3 Å². The van der Waals surface area contributed by atoms with Crippen LogP contribution in [0.25, 0.3) is 0 Å². The molecule has 2 atom stereocenters. The summed E-state index contributed by atoms with van der Waals surface area (Å²) < 4.78 is 10.6. The largest absolute Gasteiger partial charge is 0.462 e. The Balaban J connectivity index is 1.70. The number of ether oxygens (including phenoxy) is 2. The molecule has 0 spiro atoms. The Hall–Kier alpha value is -2.50. The first-order valence-corrected chi connectivity index (χ1v) is 11.1. The highest BCUT2D eigenvalue weighted by Crippen LogP contribution is 2.29. The van der Waals surface area contributed by atoms with Crippen molar-refractivity contribution in [2.45, 2.75) is 38.8 Å². The molecule has 1 aliphatic heterocycles. The Morgan fingerprint density at radius 3 is 2.77 bits per heavy atom. The third-order valence-electron chi connectivity index (χ3n) is 4.96. The second kappa shape index (κ2) is 10.2. The van der Waals surface area contributed by atoms with Gasteiger partial charge < -0.3 is 24.7 Å². The zero-order valence-electron chi connectivity index (χ0n) is 17.4. The molecule has 0 aromatic carbocycles. The predicted molar refractivity (Wildman–Crippen MR) is 115 cm³/mol. The van der Waals surface area contributed by atoms with Gasteiger partial charge >= 0.3 is 5.97 Å². The number of anilines is 1. The highest BCUT2D eigenvalue weighted by molar-refractivity contribution is 7.17. The molecule has 1 saturated heterocycles. The van der Waals surface area contributed by atoms with Crippen LogP contribution in [0.15, 0.2) is 0 Å². The van der Waals surface area contributed by atoms with Gasteiger partial charge in [-0.2, -0.15) is 0 Å². The fourth-order valence-electron chi connectivity index (χ4n) is 3.34. The van der Waals surface area contributed by atoms with Gasteiger partial charge in [0.1, 0.15) is 10.6 Å². The molecule has 12 heteroatoms. The minimum atomic E-state index is -0.567. The SMILES string of the molecule is CCOC(=O)c1sc(N2CC[C@H](NC(=O)c3nc(Cl)c(CC)[nH]3)[C@H](OC)C2)nc1C=O. The second-order valence-electron chi connectivity index (χ2n) is 6.85. The van der Waals surface area contributed by atoms with E-state index < -0.39 is 5.97 Å². The van der Waals surface area contributed by atoms with E-state index in [-0.39, 0.29) is 46.2 Å². The number of thiazole rings is 1. The average Bonchev–Trinajstić information content (AvgIpc) is 3.37. The van der Waals surface area contributed by atoms with Crippen LogP contribution >= 0.6 is 22.9 Å². The number of aromatic nitrogens is 3. The van der Waals surface area contributed by atoms with E-state index in [1.54, 1.807) is 14.0 Å². The van der Waals surface area contributed by atoms with Gasteiger partial charge in [0.2, 0.25) is 0 Å². The maximum absolute atomic E-state index is 12.6. The summed E-state index contributed by atoms with van der Waals surface area (Å²) in [5.41, 5.74) is 0.765. The Morgan fingerprint density at radius 1 is 1.39 bits per heavy atom. The minimum absolute atomic E-state index is 0.0595. The van der Waals surface area contributed by atoms with Crippen LogP contribution in [-0.2, 0) is 15.9 Å². The van der Waals surface area contributed by atoms with Crippen LogP contribution in [0.4, 0.5) is 5.13 Å². The summed E-state index contributed by atoms with van der Waals surface area (Å²) in [7, 11) is 1.56. The van der Waals surface area contributed by atoms with Crippen molar-refractivity contribution in [3.63, 3.8) is 0 Å². The topological polar surface area (TPSA) is 127 Å². The van der Waals surface area contributed by atoms with E-state index in [1.165, 1.54) is 0 Å². The van der Waals surface area contributed by atoms with E-state index in [1.807, 2.05) is 11.8 Å². The van der Waals surface area contributed by atoms with Gasteiger partial charge in [0.05, 0.1) is 24.4 Å². The minimum Gasteiger partial charge on any atom is -0.462 e. The van der Waals surface area contributed by atoms with Crippen LogP contribution < -0.4 is 10.2 Å². The van der Waals surface area contributed by atoms with Gasteiger partial charge in [0, 0.05) is 20.2 Å². The number of aryl methyl sites for hydroxylation is 1. The van der Waals surface area contributed by atoms with Crippen molar-refractivity contribution in [2.24, 2.45) is 0 Å². The maximum Gasteiger partial charge on any atom is 0.350 e. The Kier molecular flexibility index (Phi) is 7.63. The molecule has 2 aromatic heterocycles. The molecular formula is C19H24ClN5O5S. The number of methoxy groups -OCH3 is 1. The number of nitrogens with zero attached hydrogens (tertiary/aromatic N) is 3. The number of halogens is 1. The van der Waals surface area contributed by atoms with Gasteiger partial charge in [0.15, 0.2) is 22.4 Å². The first-order chi connectivity index (χ1) is 14.9. The van der Waals surface area contributed by atoms with Crippen LogP contribution in [0.2, 0.25) is 5.15 Å². The number of H-pyrrole nitrogens is 1. The third kappa shape index (κ3) is 5.05. The number of aldehydes is 1. The number of amides is 1. The van der Waals surface area contributed by atoms with Crippen molar-refractivity contribution >= 4 is 46.2 Å². The number of aromatic amines is 1. The molecule has 3 rings (SSSR count). The van der Waals surface area contributed by atoms with E-state index in [0.29, 0.717) is 43.0 Å². The molecule has 0 bridgehead atoms. The van der Waals surface area contributed by atoms with Crippen molar-refractivity contribution in [1.82, 2.24) is 20.3 Å². The number of rotatable bonds is 8. The number of carbonyl (C=O) groups is 3. The van der Waals surface area contributed by atoms with Crippen LogP contribution in [0.5, 0.6) is 0 Å². The zero-order valence-corrected chi connectivity index (χ0v) is 19.0. The molecule has 0 radical (unpaired) electrons. The molecule has 1 aliphatic rings. The van der Waals surface area contributed by atoms with E-state index in [0.717, 1.165) is 11.3 Å². The summed E-state index contributed by atoms with van der Waals surface area (Å²) in [4.78, 5) is 49.4. The summed E-state index contributed by atoms with van der Waals surface area (Å²) in [6.07, 6.45) is 1.43. The van der Waals surface area contributed by atoms with Crippen molar-refractivity contribution in [2.75, 3.05) is 31.7 Å². The quantitative estimate of drug-likeness (QED) is 0.444. The van der Waals surface area contributed by atoms with Crippen molar-refractivity contribution in [3.8, 4) is 0 Å². The normalized spacial score (nSPS) is 18.6. The first-order valence-electron chi connectivity index (χ1n) is 9.87. The molecule has 31 heavy (non-hydrogen) atoms. The summed E-state index contributed by atoms with van der Waals surface area (Å²) in [5.74, 6) is -0.764.